The smallest absolute Gasteiger partial charge is 0.341 e. The van der Waals surface area contributed by atoms with Gasteiger partial charge in [0, 0.05) is 20.1 Å². The zero-order valence-electron chi connectivity index (χ0n) is 16.6. The van der Waals surface area contributed by atoms with Gasteiger partial charge in [0.25, 0.3) is 5.91 Å². The molecule has 28 heavy (non-hydrogen) atoms. The van der Waals surface area contributed by atoms with E-state index in [9.17, 15) is 14.4 Å². The summed E-state index contributed by atoms with van der Waals surface area (Å²) in [5, 5.41) is 13.9. The summed E-state index contributed by atoms with van der Waals surface area (Å²) in [6.45, 7) is 8.42. The van der Waals surface area contributed by atoms with E-state index >= 15 is 0 Å². The first-order valence-corrected chi connectivity index (χ1v) is 9.76. The lowest BCUT2D eigenvalue weighted by Gasteiger charge is -2.18. The number of esters is 1. The highest BCUT2D eigenvalue weighted by Gasteiger charge is 2.28. The molecule has 2 aromatic heterocycles. The number of anilines is 1. The summed E-state index contributed by atoms with van der Waals surface area (Å²) in [5.41, 5.74) is 0.697. The molecule has 2 aromatic rings. The summed E-state index contributed by atoms with van der Waals surface area (Å²) < 4.78 is 6.51. The van der Waals surface area contributed by atoms with Gasteiger partial charge in [-0.05, 0) is 43.7 Å². The van der Waals surface area contributed by atoms with Crippen molar-refractivity contribution in [2.75, 3.05) is 25.0 Å². The average molecular weight is 408 g/mol. The minimum atomic E-state index is -0.578. The number of aryl methyl sites for hydroxylation is 1. The van der Waals surface area contributed by atoms with Crippen LogP contribution in [0.1, 0.15) is 52.2 Å². The van der Waals surface area contributed by atoms with E-state index in [4.69, 9.17) is 4.74 Å². The molecule has 10 nitrogen and oxygen atoms in total. The van der Waals surface area contributed by atoms with Crippen LogP contribution in [0.15, 0.2) is 0 Å². The van der Waals surface area contributed by atoms with Gasteiger partial charge in [-0.15, -0.1) is 16.4 Å². The van der Waals surface area contributed by atoms with E-state index in [-0.39, 0.29) is 29.5 Å². The molecule has 0 saturated heterocycles. The third-order valence-corrected chi connectivity index (χ3v) is 5.35. The van der Waals surface area contributed by atoms with Crippen molar-refractivity contribution in [3.05, 3.63) is 21.8 Å². The Morgan fingerprint density at radius 1 is 1.21 bits per heavy atom. The second-order valence-electron chi connectivity index (χ2n) is 5.90. The number of aromatic nitrogens is 4. The lowest BCUT2D eigenvalue weighted by molar-refractivity contribution is -0.115. The van der Waals surface area contributed by atoms with E-state index in [0.717, 1.165) is 11.3 Å². The second kappa shape index (κ2) is 9.40. The molecular formula is C17H24N6O4S. The van der Waals surface area contributed by atoms with Crippen molar-refractivity contribution in [1.29, 1.82) is 0 Å². The predicted octanol–water partition coefficient (Wildman–Crippen LogP) is 1.42. The summed E-state index contributed by atoms with van der Waals surface area (Å²) in [7, 11) is 1.63. The number of carbonyl (C=O) groups excluding carboxylic acids is 3. The fourth-order valence-electron chi connectivity index (χ4n) is 2.62. The Kier molecular flexibility index (Phi) is 7.21. The molecule has 0 aliphatic carbocycles. The van der Waals surface area contributed by atoms with E-state index in [1.165, 1.54) is 4.68 Å². The van der Waals surface area contributed by atoms with Crippen LogP contribution in [0, 0.1) is 6.92 Å². The van der Waals surface area contributed by atoms with Crippen molar-refractivity contribution in [1.82, 2.24) is 25.1 Å². The van der Waals surface area contributed by atoms with Crippen LogP contribution in [0.2, 0.25) is 0 Å². The van der Waals surface area contributed by atoms with E-state index < -0.39 is 11.9 Å². The molecule has 0 fully saturated rings. The Hall–Kier alpha value is -2.82. The quantitative estimate of drug-likeness (QED) is 0.656. The Morgan fingerprint density at radius 3 is 2.43 bits per heavy atom. The molecule has 2 amide bonds. The molecule has 2 rings (SSSR count). The lowest BCUT2D eigenvalue weighted by Crippen LogP contribution is -2.30. The van der Waals surface area contributed by atoms with Gasteiger partial charge in [0.1, 0.15) is 5.00 Å². The monoisotopic (exact) mass is 408 g/mol. The van der Waals surface area contributed by atoms with Crippen LogP contribution < -0.4 is 5.32 Å². The van der Waals surface area contributed by atoms with Crippen LogP contribution in [-0.2, 0) is 23.0 Å². The van der Waals surface area contributed by atoms with Gasteiger partial charge in [0.2, 0.25) is 5.91 Å². The molecule has 152 valence electrons. The third-order valence-electron chi connectivity index (χ3n) is 4.15. The molecule has 0 unspecified atom stereocenters. The van der Waals surface area contributed by atoms with Gasteiger partial charge in [-0.2, -0.15) is 0 Å². The number of rotatable bonds is 8. The first-order valence-electron chi connectivity index (χ1n) is 8.94. The number of tetrazole rings is 1. The first kappa shape index (κ1) is 21.5. The number of nitrogens with one attached hydrogen (secondary N) is 1. The highest BCUT2D eigenvalue weighted by molar-refractivity contribution is 7.18. The van der Waals surface area contributed by atoms with Gasteiger partial charge in [0.15, 0.2) is 5.82 Å². The number of ether oxygens (including phenoxy) is 1. The van der Waals surface area contributed by atoms with Gasteiger partial charge in [-0.1, -0.05) is 0 Å². The summed E-state index contributed by atoms with van der Waals surface area (Å²) in [4.78, 5) is 39.8. The van der Waals surface area contributed by atoms with Gasteiger partial charge in [-0.3, -0.25) is 9.59 Å². The molecule has 0 spiro atoms. The van der Waals surface area contributed by atoms with Gasteiger partial charge < -0.3 is 15.0 Å². The summed E-state index contributed by atoms with van der Waals surface area (Å²) in [5.74, 6) is -0.782. The van der Waals surface area contributed by atoms with E-state index in [0.29, 0.717) is 29.4 Å². The Morgan fingerprint density at radius 2 is 1.89 bits per heavy atom. The largest absolute Gasteiger partial charge is 0.462 e. The van der Waals surface area contributed by atoms with Crippen molar-refractivity contribution in [2.45, 2.75) is 34.1 Å². The molecule has 0 bridgehead atoms. The predicted molar refractivity (Wildman–Crippen MR) is 103 cm³/mol. The highest BCUT2D eigenvalue weighted by Crippen LogP contribution is 2.34. The van der Waals surface area contributed by atoms with Crippen molar-refractivity contribution in [3.63, 3.8) is 0 Å². The van der Waals surface area contributed by atoms with Crippen LogP contribution in [0.25, 0.3) is 0 Å². The number of carbonyl (C=O) groups is 3. The molecule has 0 atom stereocenters. The van der Waals surface area contributed by atoms with E-state index in [1.807, 2.05) is 13.8 Å². The molecule has 0 aliphatic rings. The number of hydrogen-bond donors (Lipinski definition) is 1. The summed E-state index contributed by atoms with van der Waals surface area (Å²) in [6.07, 6.45) is -0.0674. The molecule has 1 N–H and O–H groups in total. The summed E-state index contributed by atoms with van der Waals surface area (Å²) in [6, 6.07) is 0. The molecular weight excluding hydrogens is 384 g/mol. The maximum atomic E-state index is 12.8. The highest BCUT2D eigenvalue weighted by atomic mass is 32.1. The van der Waals surface area contributed by atoms with Gasteiger partial charge in [0.05, 0.1) is 23.5 Å². The number of hydrogen-bond acceptors (Lipinski definition) is 8. The van der Waals surface area contributed by atoms with Gasteiger partial charge in [-0.25, -0.2) is 9.48 Å². The normalized spacial score (nSPS) is 10.6. The van der Waals surface area contributed by atoms with Crippen LogP contribution in [-0.4, -0.2) is 62.6 Å². The van der Waals surface area contributed by atoms with Crippen LogP contribution in [0.3, 0.4) is 0 Å². The first-order chi connectivity index (χ1) is 13.3. The Labute approximate surface area is 166 Å². The molecule has 0 radical (unpaired) electrons. The standard InChI is InChI=1S/C17H24N6O4S/c1-6-23(7-2)16(25)14-10(4)13(17(26)27-8-3)15(28-14)18-12(24)9-11-19-20-21-22(11)5/h6-9H2,1-5H3,(H,18,24). The molecule has 0 aliphatic heterocycles. The number of nitrogens with zero attached hydrogens (tertiary/aromatic N) is 5. The van der Waals surface area contributed by atoms with Crippen molar-refractivity contribution < 1.29 is 19.1 Å². The topological polar surface area (TPSA) is 119 Å². The van der Waals surface area contributed by atoms with Crippen molar-refractivity contribution >= 4 is 34.1 Å². The second-order valence-corrected chi connectivity index (χ2v) is 6.92. The average Bonchev–Trinajstić information content (AvgIpc) is 3.19. The van der Waals surface area contributed by atoms with Crippen LogP contribution in [0.4, 0.5) is 5.00 Å². The van der Waals surface area contributed by atoms with Crippen LogP contribution in [0.5, 0.6) is 0 Å². The lowest BCUT2D eigenvalue weighted by atomic mass is 10.1. The summed E-state index contributed by atoms with van der Waals surface area (Å²) >= 11 is 1.07. The van der Waals surface area contributed by atoms with Crippen molar-refractivity contribution in [3.8, 4) is 0 Å². The minimum absolute atomic E-state index is 0.0674. The third kappa shape index (κ3) is 4.53. The molecule has 0 saturated carbocycles. The molecule has 11 heteroatoms. The zero-order valence-corrected chi connectivity index (χ0v) is 17.4. The fourth-order valence-corrected chi connectivity index (χ4v) is 3.80. The fraction of sp³-hybridized carbons (Fsp3) is 0.529. The minimum Gasteiger partial charge on any atom is -0.462 e. The zero-order chi connectivity index (χ0) is 20.8. The Balaban J connectivity index is 2.36. The Bertz CT molecular complexity index is 871. The molecule has 2 heterocycles. The van der Waals surface area contributed by atoms with E-state index in [1.54, 1.807) is 25.8 Å². The maximum absolute atomic E-state index is 12.8. The van der Waals surface area contributed by atoms with Crippen LogP contribution >= 0.6 is 11.3 Å². The van der Waals surface area contributed by atoms with E-state index in [2.05, 4.69) is 20.8 Å². The van der Waals surface area contributed by atoms with Crippen molar-refractivity contribution in [2.24, 2.45) is 7.05 Å². The maximum Gasteiger partial charge on any atom is 0.341 e. The number of amides is 2. The molecule has 0 aromatic carbocycles. The number of thiophene rings is 1. The van der Waals surface area contributed by atoms with Gasteiger partial charge >= 0.3 is 5.97 Å². The SMILES string of the molecule is CCOC(=O)c1c(NC(=O)Cc2nnnn2C)sc(C(=O)N(CC)CC)c1C.